The van der Waals surface area contributed by atoms with Crippen molar-refractivity contribution in [3.8, 4) is 0 Å². The van der Waals surface area contributed by atoms with Gasteiger partial charge in [0.1, 0.15) is 17.1 Å². The molecule has 7 heteroatoms. The van der Waals surface area contributed by atoms with Crippen LogP contribution in [0.1, 0.15) is 18.6 Å². The first-order valence-electron chi connectivity index (χ1n) is 4.81. The SMILES string of the molecule is CCOC(=O)C(O)C(O)c1cc(F)cnc1Cl. The molecule has 0 radical (unpaired) electrons. The van der Waals surface area contributed by atoms with Crippen LogP contribution in [0, 0.1) is 5.82 Å². The number of carbonyl (C=O) groups is 1. The first kappa shape index (κ1) is 13.8. The Kier molecular flexibility index (Phi) is 4.80. The van der Waals surface area contributed by atoms with Gasteiger partial charge in [-0.2, -0.15) is 0 Å². The van der Waals surface area contributed by atoms with E-state index in [0.29, 0.717) is 0 Å². The summed E-state index contributed by atoms with van der Waals surface area (Å²) in [6.07, 6.45) is -2.67. The molecule has 1 rings (SSSR count). The zero-order valence-corrected chi connectivity index (χ0v) is 9.69. The highest BCUT2D eigenvalue weighted by molar-refractivity contribution is 6.30. The summed E-state index contributed by atoms with van der Waals surface area (Å²) in [4.78, 5) is 14.6. The molecule has 0 aliphatic heterocycles. The third-order valence-electron chi connectivity index (χ3n) is 1.98. The minimum absolute atomic E-state index is 0.0533. The second-order valence-corrected chi connectivity index (χ2v) is 3.53. The fourth-order valence-corrected chi connectivity index (χ4v) is 1.39. The van der Waals surface area contributed by atoms with Crippen LogP contribution in [0.25, 0.3) is 0 Å². The Bertz CT molecular complexity index is 415. The topological polar surface area (TPSA) is 79.7 Å². The van der Waals surface area contributed by atoms with E-state index in [4.69, 9.17) is 11.6 Å². The van der Waals surface area contributed by atoms with Crippen molar-refractivity contribution in [2.75, 3.05) is 6.61 Å². The van der Waals surface area contributed by atoms with E-state index in [2.05, 4.69) is 9.72 Å². The largest absolute Gasteiger partial charge is 0.464 e. The van der Waals surface area contributed by atoms with Crippen molar-refractivity contribution in [3.63, 3.8) is 0 Å². The summed E-state index contributed by atoms with van der Waals surface area (Å²) >= 11 is 5.62. The van der Waals surface area contributed by atoms with E-state index >= 15 is 0 Å². The number of hydrogen-bond acceptors (Lipinski definition) is 5. The quantitative estimate of drug-likeness (QED) is 0.621. The van der Waals surface area contributed by atoms with Gasteiger partial charge in [-0.1, -0.05) is 11.6 Å². The van der Waals surface area contributed by atoms with Crippen LogP contribution in [0.4, 0.5) is 4.39 Å². The number of esters is 1. The lowest BCUT2D eigenvalue weighted by Gasteiger charge is -2.17. The van der Waals surface area contributed by atoms with Crippen LogP contribution in [0.2, 0.25) is 5.15 Å². The Morgan fingerprint density at radius 3 is 2.88 bits per heavy atom. The van der Waals surface area contributed by atoms with Gasteiger partial charge in [0.05, 0.1) is 12.8 Å². The van der Waals surface area contributed by atoms with E-state index in [9.17, 15) is 19.4 Å². The Morgan fingerprint density at radius 2 is 2.29 bits per heavy atom. The molecule has 0 aliphatic carbocycles. The Balaban J connectivity index is 2.91. The van der Waals surface area contributed by atoms with Crippen LogP contribution in [0.5, 0.6) is 0 Å². The molecule has 0 fully saturated rings. The van der Waals surface area contributed by atoms with Gasteiger partial charge in [-0.15, -0.1) is 0 Å². The van der Waals surface area contributed by atoms with Gasteiger partial charge < -0.3 is 14.9 Å². The Morgan fingerprint density at radius 1 is 1.65 bits per heavy atom. The Labute approximate surface area is 102 Å². The molecule has 2 unspecified atom stereocenters. The monoisotopic (exact) mass is 263 g/mol. The number of aliphatic hydroxyl groups excluding tert-OH is 2. The fraction of sp³-hybridized carbons (Fsp3) is 0.400. The third kappa shape index (κ3) is 3.36. The summed E-state index contributed by atoms with van der Waals surface area (Å²) in [5.41, 5.74) is -0.174. The molecule has 1 heterocycles. The minimum Gasteiger partial charge on any atom is -0.464 e. The van der Waals surface area contributed by atoms with Crippen molar-refractivity contribution >= 4 is 17.6 Å². The maximum Gasteiger partial charge on any atom is 0.338 e. The average molecular weight is 264 g/mol. The van der Waals surface area contributed by atoms with Crippen LogP contribution < -0.4 is 0 Å². The molecular formula is C10H11ClFNO4. The molecule has 0 amide bonds. The van der Waals surface area contributed by atoms with E-state index in [1.807, 2.05) is 0 Å². The predicted octanol–water partition coefficient (Wildman–Crippen LogP) is 0.832. The molecule has 0 saturated heterocycles. The number of rotatable bonds is 4. The lowest BCUT2D eigenvalue weighted by molar-refractivity contribution is -0.159. The van der Waals surface area contributed by atoms with E-state index in [0.717, 1.165) is 12.3 Å². The van der Waals surface area contributed by atoms with Crippen molar-refractivity contribution < 1.29 is 24.1 Å². The molecule has 17 heavy (non-hydrogen) atoms. The van der Waals surface area contributed by atoms with Gasteiger partial charge in [0.15, 0.2) is 6.10 Å². The summed E-state index contributed by atoms with van der Waals surface area (Å²) in [6.45, 7) is 1.60. The molecule has 1 aromatic rings. The van der Waals surface area contributed by atoms with Crippen molar-refractivity contribution in [2.45, 2.75) is 19.1 Å². The van der Waals surface area contributed by atoms with Gasteiger partial charge in [-0.25, -0.2) is 14.2 Å². The van der Waals surface area contributed by atoms with Crippen LogP contribution in [-0.2, 0) is 9.53 Å². The highest BCUT2D eigenvalue weighted by atomic mass is 35.5. The zero-order valence-electron chi connectivity index (χ0n) is 8.93. The molecule has 0 saturated carbocycles. The minimum atomic E-state index is -1.84. The smallest absolute Gasteiger partial charge is 0.338 e. The molecule has 5 nitrogen and oxygen atoms in total. The number of nitrogens with zero attached hydrogens (tertiary/aromatic N) is 1. The highest BCUT2D eigenvalue weighted by Gasteiger charge is 2.29. The van der Waals surface area contributed by atoms with Gasteiger partial charge in [0.2, 0.25) is 0 Å². The van der Waals surface area contributed by atoms with Crippen LogP contribution in [-0.4, -0.2) is 33.9 Å². The molecule has 0 aromatic carbocycles. The van der Waals surface area contributed by atoms with E-state index in [1.54, 1.807) is 6.92 Å². The van der Waals surface area contributed by atoms with Crippen LogP contribution in [0.15, 0.2) is 12.3 Å². The summed E-state index contributed by atoms with van der Waals surface area (Å²) in [5, 5.41) is 18.9. The number of ether oxygens (including phenoxy) is 1. The van der Waals surface area contributed by atoms with E-state index < -0.39 is 24.0 Å². The number of carbonyl (C=O) groups excluding carboxylic acids is 1. The first-order valence-corrected chi connectivity index (χ1v) is 5.18. The number of hydrogen-bond donors (Lipinski definition) is 2. The summed E-state index contributed by atoms with van der Waals surface area (Å²) < 4.78 is 17.4. The molecule has 0 spiro atoms. The standard InChI is InChI=1S/C10H11ClFNO4/c1-2-17-10(16)8(15)7(14)6-3-5(12)4-13-9(6)11/h3-4,7-8,14-15H,2H2,1H3. The molecule has 0 bridgehead atoms. The highest BCUT2D eigenvalue weighted by Crippen LogP contribution is 2.24. The second kappa shape index (κ2) is 5.90. The van der Waals surface area contributed by atoms with Gasteiger partial charge in [-0.05, 0) is 13.0 Å². The van der Waals surface area contributed by atoms with Crippen molar-refractivity contribution in [2.24, 2.45) is 0 Å². The number of aromatic nitrogens is 1. The molecule has 2 atom stereocenters. The maximum atomic E-state index is 12.9. The van der Waals surface area contributed by atoms with Crippen molar-refractivity contribution in [3.05, 3.63) is 28.8 Å². The van der Waals surface area contributed by atoms with Crippen LogP contribution >= 0.6 is 11.6 Å². The van der Waals surface area contributed by atoms with E-state index in [-0.39, 0.29) is 17.3 Å². The lowest BCUT2D eigenvalue weighted by atomic mass is 10.1. The fourth-order valence-electron chi connectivity index (χ4n) is 1.17. The lowest BCUT2D eigenvalue weighted by Crippen LogP contribution is -2.30. The van der Waals surface area contributed by atoms with Crippen molar-refractivity contribution in [1.29, 1.82) is 0 Å². The zero-order chi connectivity index (χ0) is 13.0. The molecule has 0 aliphatic rings. The van der Waals surface area contributed by atoms with Gasteiger partial charge in [0.25, 0.3) is 0 Å². The second-order valence-electron chi connectivity index (χ2n) is 3.18. The molecule has 94 valence electrons. The number of aliphatic hydroxyl groups is 2. The molecule has 1 aromatic heterocycles. The van der Waals surface area contributed by atoms with Crippen molar-refractivity contribution in [1.82, 2.24) is 4.98 Å². The first-order chi connectivity index (χ1) is 7.97. The van der Waals surface area contributed by atoms with Crippen LogP contribution in [0.3, 0.4) is 0 Å². The normalized spacial score (nSPS) is 14.2. The maximum absolute atomic E-state index is 12.9. The van der Waals surface area contributed by atoms with E-state index in [1.165, 1.54) is 0 Å². The number of halogens is 2. The third-order valence-corrected chi connectivity index (χ3v) is 2.29. The summed E-state index contributed by atoms with van der Waals surface area (Å²) in [5.74, 6) is -1.75. The van der Waals surface area contributed by atoms with Gasteiger partial charge >= 0.3 is 5.97 Å². The summed E-state index contributed by atoms with van der Waals surface area (Å²) in [7, 11) is 0. The molecule has 2 N–H and O–H groups in total. The Hall–Kier alpha value is -1.24. The summed E-state index contributed by atoms with van der Waals surface area (Å²) in [6, 6.07) is 0.891. The van der Waals surface area contributed by atoms with Gasteiger partial charge in [-0.3, -0.25) is 0 Å². The van der Waals surface area contributed by atoms with Gasteiger partial charge in [0, 0.05) is 5.56 Å². The predicted molar refractivity (Wildman–Crippen MR) is 56.8 cm³/mol. The average Bonchev–Trinajstić information content (AvgIpc) is 2.30. The number of pyridine rings is 1. The molecular weight excluding hydrogens is 253 g/mol.